The fourth-order valence-electron chi connectivity index (χ4n) is 1.62. The van der Waals surface area contributed by atoms with Crippen LogP contribution in [0.1, 0.15) is 11.1 Å². The minimum atomic E-state index is 0.230. The van der Waals surface area contributed by atoms with Crippen molar-refractivity contribution < 1.29 is 5.11 Å². The Hall–Kier alpha value is -2.93. The van der Waals surface area contributed by atoms with Crippen LogP contribution in [0.25, 0.3) is 11.2 Å². The first-order chi connectivity index (χ1) is 9.31. The lowest BCUT2D eigenvalue weighted by atomic mass is 10.2. The highest BCUT2D eigenvalue weighted by molar-refractivity contribution is 5.70. The maximum absolute atomic E-state index is 9.19. The minimum absolute atomic E-state index is 0.230. The summed E-state index contributed by atoms with van der Waals surface area (Å²) < 4.78 is 0. The summed E-state index contributed by atoms with van der Waals surface area (Å²) in [4.78, 5) is 12.5. The van der Waals surface area contributed by atoms with Gasteiger partial charge in [0.25, 0.3) is 0 Å². The van der Waals surface area contributed by atoms with Crippen LogP contribution in [0.4, 0.5) is 0 Å². The van der Waals surface area contributed by atoms with Gasteiger partial charge in [-0.1, -0.05) is 11.8 Å². The lowest BCUT2D eigenvalue weighted by Crippen LogP contribution is -1.87. The van der Waals surface area contributed by atoms with Gasteiger partial charge in [-0.25, -0.2) is 9.97 Å². The zero-order chi connectivity index (χ0) is 13.1. The topological polar surface area (TPSA) is 58.9 Å². The van der Waals surface area contributed by atoms with Crippen molar-refractivity contribution in [3.8, 4) is 17.6 Å². The molecule has 0 saturated carbocycles. The van der Waals surface area contributed by atoms with E-state index in [1.807, 2.05) is 6.07 Å². The van der Waals surface area contributed by atoms with E-state index < -0.39 is 0 Å². The van der Waals surface area contributed by atoms with Gasteiger partial charge in [-0.15, -0.1) is 0 Å². The summed E-state index contributed by atoms with van der Waals surface area (Å²) in [6.45, 7) is 0. The van der Waals surface area contributed by atoms with Crippen LogP contribution in [0.3, 0.4) is 0 Å². The molecule has 0 spiro atoms. The molecule has 1 N–H and O–H groups in total. The van der Waals surface area contributed by atoms with E-state index in [1.165, 1.54) is 0 Å². The van der Waals surface area contributed by atoms with Crippen molar-refractivity contribution in [1.29, 1.82) is 0 Å². The third-order valence-electron chi connectivity index (χ3n) is 2.54. The van der Waals surface area contributed by atoms with Crippen molar-refractivity contribution in [1.82, 2.24) is 15.0 Å². The molecule has 90 valence electrons. The summed E-state index contributed by atoms with van der Waals surface area (Å²) in [6, 6.07) is 8.58. The predicted molar refractivity (Wildman–Crippen MR) is 71.4 cm³/mol. The highest BCUT2D eigenvalue weighted by atomic mass is 16.3. The van der Waals surface area contributed by atoms with Crippen LogP contribution < -0.4 is 0 Å². The molecule has 2 aromatic heterocycles. The Kier molecular flexibility index (Phi) is 2.79. The highest BCUT2D eigenvalue weighted by Crippen LogP contribution is 2.09. The molecular weight excluding hydrogens is 238 g/mol. The molecule has 0 aliphatic rings. The highest BCUT2D eigenvalue weighted by Gasteiger charge is 1.96. The summed E-state index contributed by atoms with van der Waals surface area (Å²) in [5.74, 6) is 6.24. The van der Waals surface area contributed by atoms with E-state index in [0.29, 0.717) is 5.65 Å². The van der Waals surface area contributed by atoms with E-state index in [-0.39, 0.29) is 5.75 Å². The molecule has 4 nitrogen and oxygen atoms in total. The molecule has 0 fully saturated rings. The van der Waals surface area contributed by atoms with Crippen molar-refractivity contribution >= 4 is 11.2 Å². The zero-order valence-electron chi connectivity index (χ0n) is 9.91. The van der Waals surface area contributed by atoms with Crippen LogP contribution in [0.2, 0.25) is 0 Å². The van der Waals surface area contributed by atoms with E-state index in [9.17, 15) is 5.11 Å². The second-order valence-corrected chi connectivity index (χ2v) is 3.92. The third kappa shape index (κ3) is 2.50. The first-order valence-electron chi connectivity index (χ1n) is 5.69. The number of aromatic nitrogens is 3. The predicted octanol–water partition coefficient (Wildman–Crippen LogP) is 2.13. The van der Waals surface area contributed by atoms with Crippen LogP contribution in [-0.2, 0) is 0 Å². The number of aromatic hydroxyl groups is 1. The molecule has 3 aromatic rings. The summed E-state index contributed by atoms with van der Waals surface area (Å²) in [5.41, 5.74) is 2.94. The number of fused-ring (bicyclic) bond motifs is 1. The normalized spacial score (nSPS) is 9.89. The maximum atomic E-state index is 9.19. The van der Waals surface area contributed by atoms with Gasteiger partial charge < -0.3 is 5.11 Å². The number of phenols is 1. The number of hydrogen-bond donors (Lipinski definition) is 1. The number of hydrogen-bond acceptors (Lipinski definition) is 4. The maximum Gasteiger partial charge on any atom is 0.178 e. The minimum Gasteiger partial charge on any atom is -0.508 e. The van der Waals surface area contributed by atoms with Crippen molar-refractivity contribution in [2.45, 2.75) is 0 Å². The average Bonchev–Trinajstić information content (AvgIpc) is 2.46. The zero-order valence-corrected chi connectivity index (χ0v) is 9.91. The molecule has 4 heteroatoms. The molecule has 2 heterocycles. The fourth-order valence-corrected chi connectivity index (χ4v) is 1.62. The second kappa shape index (κ2) is 4.75. The van der Waals surface area contributed by atoms with Gasteiger partial charge >= 0.3 is 0 Å². The fraction of sp³-hybridized carbons (Fsp3) is 0. The molecule has 0 atom stereocenters. The lowest BCUT2D eigenvalue weighted by Gasteiger charge is -1.95. The number of rotatable bonds is 0. The molecule has 0 aliphatic carbocycles. The van der Waals surface area contributed by atoms with Crippen LogP contribution in [0.15, 0.2) is 48.9 Å². The lowest BCUT2D eigenvalue weighted by molar-refractivity contribution is 0.475. The second-order valence-electron chi connectivity index (χ2n) is 3.92. The van der Waals surface area contributed by atoms with Gasteiger partial charge in [-0.3, -0.25) is 4.98 Å². The van der Waals surface area contributed by atoms with Crippen molar-refractivity contribution in [2.75, 3.05) is 0 Å². The molecule has 0 saturated heterocycles. The number of benzene rings is 1. The number of nitrogens with zero attached hydrogens (tertiary/aromatic N) is 3. The number of phenolic OH excluding ortho intramolecular Hbond substituents is 1. The van der Waals surface area contributed by atoms with Crippen LogP contribution in [0, 0.1) is 11.8 Å². The van der Waals surface area contributed by atoms with Gasteiger partial charge in [-0.05, 0) is 30.3 Å². The van der Waals surface area contributed by atoms with E-state index in [0.717, 1.165) is 16.6 Å². The Morgan fingerprint density at radius 3 is 2.42 bits per heavy atom. The van der Waals surface area contributed by atoms with E-state index in [4.69, 9.17) is 0 Å². The Morgan fingerprint density at radius 2 is 1.58 bits per heavy atom. The van der Waals surface area contributed by atoms with Gasteiger partial charge in [0.1, 0.15) is 11.3 Å². The monoisotopic (exact) mass is 247 g/mol. The van der Waals surface area contributed by atoms with Crippen molar-refractivity contribution in [3.63, 3.8) is 0 Å². The Labute approximate surface area is 109 Å². The summed E-state index contributed by atoms with van der Waals surface area (Å²) in [6.07, 6.45) is 4.91. The Balaban J connectivity index is 1.95. The van der Waals surface area contributed by atoms with Crippen LogP contribution in [-0.4, -0.2) is 20.1 Å². The first kappa shape index (κ1) is 11.2. The standard InChI is InChI=1S/C15H9N3O/c19-13-5-3-11(4-6-13)1-2-12-9-14-15(18-10-12)17-8-7-16-14/h3-10,19H. The van der Waals surface area contributed by atoms with Gasteiger partial charge in [0.15, 0.2) is 5.65 Å². The van der Waals surface area contributed by atoms with Gasteiger partial charge in [0, 0.05) is 29.7 Å². The molecule has 0 aliphatic heterocycles. The Morgan fingerprint density at radius 1 is 0.842 bits per heavy atom. The average molecular weight is 247 g/mol. The van der Waals surface area contributed by atoms with Crippen LogP contribution in [0.5, 0.6) is 5.75 Å². The molecule has 1 aromatic carbocycles. The number of pyridine rings is 1. The molecule has 0 amide bonds. The smallest absolute Gasteiger partial charge is 0.178 e. The third-order valence-corrected chi connectivity index (χ3v) is 2.54. The van der Waals surface area contributed by atoms with E-state index in [2.05, 4.69) is 26.8 Å². The molecular formula is C15H9N3O. The molecule has 0 radical (unpaired) electrons. The van der Waals surface area contributed by atoms with Gasteiger partial charge in [0.05, 0.1) is 0 Å². The largest absolute Gasteiger partial charge is 0.508 e. The quantitative estimate of drug-likeness (QED) is 0.618. The summed E-state index contributed by atoms with van der Waals surface area (Å²) in [7, 11) is 0. The van der Waals surface area contributed by atoms with Crippen LogP contribution >= 0.6 is 0 Å². The van der Waals surface area contributed by atoms with E-state index >= 15 is 0 Å². The Bertz CT molecular complexity index is 786. The van der Waals surface area contributed by atoms with Gasteiger partial charge in [-0.2, -0.15) is 0 Å². The van der Waals surface area contributed by atoms with Gasteiger partial charge in [0.2, 0.25) is 0 Å². The van der Waals surface area contributed by atoms with Crippen molar-refractivity contribution in [3.05, 3.63) is 60.0 Å². The molecule has 3 rings (SSSR count). The summed E-state index contributed by atoms with van der Waals surface area (Å²) in [5, 5.41) is 9.19. The first-order valence-corrected chi connectivity index (χ1v) is 5.69. The molecule has 0 bridgehead atoms. The van der Waals surface area contributed by atoms with E-state index in [1.54, 1.807) is 42.9 Å². The summed E-state index contributed by atoms with van der Waals surface area (Å²) >= 11 is 0. The van der Waals surface area contributed by atoms with Crippen molar-refractivity contribution in [2.24, 2.45) is 0 Å². The molecule has 0 unspecified atom stereocenters. The SMILES string of the molecule is Oc1ccc(C#Cc2cnc3nccnc3c2)cc1. The molecule has 19 heavy (non-hydrogen) atoms.